The Hall–Kier alpha value is -1.97. The predicted molar refractivity (Wildman–Crippen MR) is 65.0 cm³/mol. The summed E-state index contributed by atoms with van der Waals surface area (Å²) in [6.07, 6.45) is 1.47. The zero-order chi connectivity index (χ0) is 12.1. The largest absolute Gasteiger partial charge is 0.378 e. The number of nitrogens with zero attached hydrogens (tertiary/aromatic N) is 3. The van der Waals surface area contributed by atoms with E-state index in [0.29, 0.717) is 10.6 Å². The van der Waals surface area contributed by atoms with E-state index in [9.17, 15) is 0 Å². The number of halogens is 1. The number of anilines is 1. The molecule has 0 unspecified atom stereocenters. The lowest BCUT2D eigenvalue weighted by Gasteiger charge is -2.13. The van der Waals surface area contributed by atoms with Gasteiger partial charge in [0, 0.05) is 24.8 Å². The molecule has 0 bridgehead atoms. The zero-order valence-electron chi connectivity index (χ0n) is 9.03. The summed E-state index contributed by atoms with van der Waals surface area (Å²) in [6, 6.07) is 9.05. The van der Waals surface area contributed by atoms with Gasteiger partial charge in [-0.05, 0) is 23.8 Å². The molecule has 3 nitrogen and oxygen atoms in total. The van der Waals surface area contributed by atoms with Gasteiger partial charge in [-0.2, -0.15) is 10.5 Å². The number of allylic oxidation sites excluding steroid dienone is 1. The van der Waals surface area contributed by atoms with E-state index in [0.717, 1.165) is 5.69 Å². The molecule has 0 saturated carbocycles. The van der Waals surface area contributed by atoms with E-state index in [1.165, 1.54) is 6.08 Å². The Morgan fingerprint density at radius 3 is 2.38 bits per heavy atom. The van der Waals surface area contributed by atoms with Crippen molar-refractivity contribution in [1.29, 1.82) is 10.5 Å². The third-order valence-corrected chi connectivity index (χ3v) is 2.37. The normalized spacial score (nSPS) is 8.81. The van der Waals surface area contributed by atoms with Crippen molar-refractivity contribution >= 4 is 23.4 Å². The van der Waals surface area contributed by atoms with Crippen LogP contribution in [0.1, 0.15) is 5.56 Å². The van der Waals surface area contributed by atoms with E-state index in [2.05, 4.69) is 0 Å². The highest BCUT2D eigenvalue weighted by Crippen LogP contribution is 2.24. The van der Waals surface area contributed by atoms with Gasteiger partial charge in [-0.15, -0.1) is 0 Å². The standard InChI is InChI=1S/C12H10ClN3/c1-16(2)11-4-3-10(12(13)6-11)5-9(7-14)8-15/h3-6H,1-2H3. The summed E-state index contributed by atoms with van der Waals surface area (Å²) in [7, 11) is 3.83. The molecular formula is C12H10ClN3. The van der Waals surface area contributed by atoms with Crippen LogP contribution in [0.15, 0.2) is 23.8 Å². The predicted octanol–water partition coefficient (Wildman–Crippen LogP) is 2.84. The molecule has 16 heavy (non-hydrogen) atoms. The van der Waals surface area contributed by atoms with E-state index in [1.807, 2.05) is 25.1 Å². The first-order valence-corrected chi connectivity index (χ1v) is 4.95. The number of hydrogen-bond donors (Lipinski definition) is 0. The first kappa shape index (κ1) is 12.1. The molecule has 0 heterocycles. The monoisotopic (exact) mass is 231 g/mol. The van der Waals surface area contributed by atoms with Crippen LogP contribution in [0.4, 0.5) is 5.69 Å². The van der Waals surface area contributed by atoms with Crippen molar-refractivity contribution in [2.45, 2.75) is 0 Å². The van der Waals surface area contributed by atoms with Gasteiger partial charge >= 0.3 is 0 Å². The summed E-state index contributed by atoms with van der Waals surface area (Å²) >= 11 is 6.04. The molecular weight excluding hydrogens is 222 g/mol. The lowest BCUT2D eigenvalue weighted by Crippen LogP contribution is -2.08. The van der Waals surface area contributed by atoms with Gasteiger partial charge in [0.2, 0.25) is 0 Å². The van der Waals surface area contributed by atoms with Crippen molar-refractivity contribution < 1.29 is 0 Å². The van der Waals surface area contributed by atoms with Crippen LogP contribution in [-0.2, 0) is 0 Å². The summed E-state index contributed by atoms with van der Waals surface area (Å²) in [5.41, 5.74) is 1.68. The molecule has 0 saturated heterocycles. The van der Waals surface area contributed by atoms with Crippen LogP contribution in [0.5, 0.6) is 0 Å². The number of hydrogen-bond acceptors (Lipinski definition) is 3. The van der Waals surface area contributed by atoms with Crippen LogP contribution >= 0.6 is 11.6 Å². The highest BCUT2D eigenvalue weighted by molar-refractivity contribution is 6.32. The smallest absolute Gasteiger partial charge is 0.130 e. The van der Waals surface area contributed by atoms with Crippen molar-refractivity contribution in [3.8, 4) is 12.1 Å². The molecule has 0 radical (unpaired) electrons. The van der Waals surface area contributed by atoms with Crippen molar-refractivity contribution in [2.24, 2.45) is 0 Å². The summed E-state index contributed by atoms with van der Waals surface area (Å²) in [4.78, 5) is 1.93. The summed E-state index contributed by atoms with van der Waals surface area (Å²) in [5.74, 6) is 0. The van der Waals surface area contributed by atoms with Gasteiger partial charge in [0.1, 0.15) is 17.7 Å². The maximum absolute atomic E-state index is 8.63. The minimum absolute atomic E-state index is 0.0412. The van der Waals surface area contributed by atoms with Crippen LogP contribution < -0.4 is 4.90 Å². The Kier molecular flexibility index (Phi) is 3.94. The quantitative estimate of drug-likeness (QED) is 0.736. The molecule has 0 amide bonds. The maximum Gasteiger partial charge on any atom is 0.130 e. The number of nitriles is 2. The number of benzene rings is 1. The topological polar surface area (TPSA) is 50.8 Å². The summed E-state index contributed by atoms with van der Waals surface area (Å²) in [5, 5.41) is 17.8. The molecule has 1 aromatic carbocycles. The van der Waals surface area contributed by atoms with Gasteiger partial charge in [0.05, 0.1) is 0 Å². The molecule has 0 fully saturated rings. The first-order valence-electron chi connectivity index (χ1n) is 4.57. The van der Waals surface area contributed by atoms with Crippen LogP contribution in [-0.4, -0.2) is 14.1 Å². The average molecular weight is 232 g/mol. The van der Waals surface area contributed by atoms with Crippen LogP contribution in [0.25, 0.3) is 6.08 Å². The van der Waals surface area contributed by atoms with E-state index < -0.39 is 0 Å². The van der Waals surface area contributed by atoms with Crippen LogP contribution in [0, 0.1) is 22.7 Å². The van der Waals surface area contributed by atoms with Crippen molar-refractivity contribution in [3.05, 3.63) is 34.4 Å². The Bertz CT molecular complexity index is 488. The third-order valence-electron chi connectivity index (χ3n) is 2.04. The van der Waals surface area contributed by atoms with E-state index in [-0.39, 0.29) is 5.57 Å². The average Bonchev–Trinajstić information content (AvgIpc) is 2.27. The van der Waals surface area contributed by atoms with Crippen LogP contribution in [0.3, 0.4) is 0 Å². The zero-order valence-corrected chi connectivity index (χ0v) is 9.78. The summed E-state index contributed by atoms with van der Waals surface area (Å²) in [6.45, 7) is 0. The van der Waals surface area contributed by atoms with Gasteiger partial charge in [-0.25, -0.2) is 0 Å². The molecule has 0 aliphatic rings. The van der Waals surface area contributed by atoms with Crippen molar-refractivity contribution in [1.82, 2.24) is 0 Å². The molecule has 1 aromatic rings. The molecule has 1 rings (SSSR count). The molecule has 0 aliphatic carbocycles. The minimum Gasteiger partial charge on any atom is -0.378 e. The molecule has 0 aromatic heterocycles. The van der Waals surface area contributed by atoms with Gasteiger partial charge in [0.15, 0.2) is 0 Å². The fourth-order valence-electron chi connectivity index (χ4n) is 1.16. The number of rotatable bonds is 2. The highest BCUT2D eigenvalue weighted by atomic mass is 35.5. The SMILES string of the molecule is CN(C)c1ccc(C=C(C#N)C#N)c(Cl)c1. The lowest BCUT2D eigenvalue weighted by atomic mass is 10.1. The Balaban J connectivity index is 3.16. The second kappa shape index (κ2) is 5.21. The third kappa shape index (κ3) is 2.76. The van der Waals surface area contributed by atoms with Gasteiger partial charge in [0.25, 0.3) is 0 Å². The van der Waals surface area contributed by atoms with Gasteiger partial charge in [-0.1, -0.05) is 17.7 Å². The van der Waals surface area contributed by atoms with Crippen LogP contribution in [0.2, 0.25) is 5.02 Å². The second-order valence-corrected chi connectivity index (χ2v) is 3.79. The molecule has 80 valence electrons. The Labute approximate surface area is 99.8 Å². The van der Waals surface area contributed by atoms with Crippen molar-refractivity contribution in [2.75, 3.05) is 19.0 Å². The second-order valence-electron chi connectivity index (χ2n) is 3.38. The Morgan fingerprint density at radius 2 is 1.94 bits per heavy atom. The fourth-order valence-corrected chi connectivity index (χ4v) is 1.39. The van der Waals surface area contributed by atoms with E-state index >= 15 is 0 Å². The lowest BCUT2D eigenvalue weighted by molar-refractivity contribution is 1.13. The van der Waals surface area contributed by atoms with E-state index in [1.54, 1.807) is 24.3 Å². The fraction of sp³-hybridized carbons (Fsp3) is 0.167. The van der Waals surface area contributed by atoms with Gasteiger partial charge in [-0.3, -0.25) is 0 Å². The first-order chi connectivity index (χ1) is 7.58. The minimum atomic E-state index is 0.0412. The van der Waals surface area contributed by atoms with Gasteiger partial charge < -0.3 is 4.90 Å². The van der Waals surface area contributed by atoms with Crippen molar-refractivity contribution in [3.63, 3.8) is 0 Å². The molecule has 4 heteroatoms. The molecule has 0 spiro atoms. The maximum atomic E-state index is 8.63. The summed E-state index contributed by atoms with van der Waals surface area (Å²) < 4.78 is 0. The van der Waals surface area contributed by atoms with E-state index in [4.69, 9.17) is 22.1 Å². The molecule has 0 N–H and O–H groups in total. The molecule has 0 atom stereocenters. The Morgan fingerprint density at radius 1 is 1.31 bits per heavy atom. The molecule has 0 aliphatic heterocycles. The highest BCUT2D eigenvalue weighted by Gasteiger charge is 2.02.